The molecule has 2 aromatic rings. The molecule has 3 atom stereocenters. The highest BCUT2D eigenvalue weighted by molar-refractivity contribution is 7.13. The van der Waals surface area contributed by atoms with Gasteiger partial charge in [0.05, 0.1) is 28.2 Å². The summed E-state index contributed by atoms with van der Waals surface area (Å²) in [6, 6.07) is 6.52. The second-order valence-electron chi connectivity index (χ2n) is 8.92. The largest absolute Gasteiger partial charge is 0.391 e. The Morgan fingerprint density at radius 2 is 2.00 bits per heavy atom. The minimum Gasteiger partial charge on any atom is -0.391 e. The summed E-state index contributed by atoms with van der Waals surface area (Å²) in [7, 11) is 0. The van der Waals surface area contributed by atoms with Crippen LogP contribution in [0.15, 0.2) is 29.8 Å². The number of amides is 2. The Hall–Kier alpha value is -2.29. The minimum atomic E-state index is -0.735. The SMILES string of the molecule is Cc1ncsc1-c1ccc(CNC(=O)C2CC(O)CN2C(=O)C(N)C(C)(C)C)cc1. The van der Waals surface area contributed by atoms with Gasteiger partial charge in [0, 0.05) is 19.5 Å². The van der Waals surface area contributed by atoms with Crippen molar-refractivity contribution in [2.45, 2.75) is 58.8 Å². The van der Waals surface area contributed by atoms with Crippen molar-refractivity contribution in [2.24, 2.45) is 11.1 Å². The summed E-state index contributed by atoms with van der Waals surface area (Å²) in [5, 5.41) is 13.0. The van der Waals surface area contributed by atoms with Crippen LogP contribution in [-0.2, 0) is 16.1 Å². The zero-order valence-corrected chi connectivity index (χ0v) is 18.7. The molecule has 3 rings (SSSR count). The molecule has 0 bridgehead atoms. The first-order chi connectivity index (χ1) is 14.1. The van der Waals surface area contributed by atoms with Gasteiger partial charge in [0.1, 0.15) is 6.04 Å². The number of carbonyl (C=O) groups excluding carboxylic acids is 2. The van der Waals surface area contributed by atoms with E-state index in [-0.39, 0.29) is 24.8 Å². The van der Waals surface area contributed by atoms with Crippen LogP contribution in [-0.4, -0.2) is 51.5 Å². The molecule has 162 valence electrons. The van der Waals surface area contributed by atoms with Crippen LogP contribution in [0.4, 0.5) is 0 Å². The highest BCUT2D eigenvalue weighted by Crippen LogP contribution is 2.27. The molecular weight excluding hydrogens is 400 g/mol. The van der Waals surface area contributed by atoms with Gasteiger partial charge in [0.15, 0.2) is 0 Å². The predicted octanol–water partition coefficient (Wildman–Crippen LogP) is 2.07. The van der Waals surface area contributed by atoms with Crippen molar-refractivity contribution in [1.82, 2.24) is 15.2 Å². The van der Waals surface area contributed by atoms with E-state index in [0.717, 1.165) is 21.7 Å². The molecule has 1 aromatic carbocycles. The van der Waals surface area contributed by atoms with E-state index in [1.165, 1.54) is 4.90 Å². The molecule has 7 nitrogen and oxygen atoms in total. The molecule has 0 saturated carbocycles. The van der Waals surface area contributed by atoms with Crippen molar-refractivity contribution >= 4 is 23.2 Å². The Morgan fingerprint density at radius 3 is 2.57 bits per heavy atom. The maximum absolute atomic E-state index is 12.8. The molecule has 30 heavy (non-hydrogen) atoms. The molecule has 3 unspecified atom stereocenters. The van der Waals surface area contributed by atoms with Crippen LogP contribution in [0.5, 0.6) is 0 Å². The summed E-state index contributed by atoms with van der Waals surface area (Å²) in [4.78, 5) is 32.4. The standard InChI is InChI=1S/C22H30N4O3S/c1-13-18(30-12-25-13)15-7-5-14(6-8-15)10-24-20(28)17-9-16(27)11-26(17)21(29)19(23)22(2,3)4/h5-8,12,16-17,19,27H,9-11,23H2,1-4H3,(H,24,28). The van der Waals surface area contributed by atoms with Gasteiger partial charge < -0.3 is 21.1 Å². The third-order valence-electron chi connectivity index (χ3n) is 5.49. The van der Waals surface area contributed by atoms with Crippen LogP contribution in [0.25, 0.3) is 10.4 Å². The van der Waals surface area contributed by atoms with Crippen molar-refractivity contribution in [3.05, 3.63) is 41.0 Å². The first-order valence-electron chi connectivity index (χ1n) is 10.1. The third kappa shape index (κ3) is 4.88. The molecular formula is C22H30N4O3S. The highest BCUT2D eigenvalue weighted by atomic mass is 32.1. The van der Waals surface area contributed by atoms with Crippen molar-refractivity contribution in [2.75, 3.05) is 6.54 Å². The Labute approximate surface area is 181 Å². The number of β-amino-alcohol motifs (C(OH)–C–C–N with tert-alkyl or cyclic N) is 1. The van der Waals surface area contributed by atoms with Crippen molar-refractivity contribution in [1.29, 1.82) is 0 Å². The van der Waals surface area contributed by atoms with E-state index in [4.69, 9.17) is 5.73 Å². The number of aliphatic hydroxyl groups is 1. The monoisotopic (exact) mass is 430 g/mol. The lowest BCUT2D eigenvalue weighted by Crippen LogP contribution is -2.54. The Bertz CT molecular complexity index is 904. The maximum Gasteiger partial charge on any atom is 0.243 e. The van der Waals surface area contributed by atoms with Gasteiger partial charge in [-0.3, -0.25) is 9.59 Å². The van der Waals surface area contributed by atoms with Gasteiger partial charge in [0.25, 0.3) is 0 Å². The van der Waals surface area contributed by atoms with Crippen LogP contribution >= 0.6 is 11.3 Å². The Balaban J connectivity index is 1.63. The van der Waals surface area contributed by atoms with E-state index in [9.17, 15) is 14.7 Å². The van der Waals surface area contributed by atoms with E-state index in [2.05, 4.69) is 10.3 Å². The van der Waals surface area contributed by atoms with E-state index in [1.54, 1.807) is 11.3 Å². The summed E-state index contributed by atoms with van der Waals surface area (Å²) in [6.07, 6.45) is -0.503. The maximum atomic E-state index is 12.8. The molecule has 4 N–H and O–H groups in total. The lowest BCUT2D eigenvalue weighted by atomic mass is 9.86. The topological polar surface area (TPSA) is 109 Å². The number of hydrogen-bond donors (Lipinski definition) is 3. The minimum absolute atomic E-state index is 0.129. The van der Waals surface area contributed by atoms with Gasteiger partial charge in [-0.15, -0.1) is 11.3 Å². The number of thiazole rings is 1. The van der Waals surface area contributed by atoms with Crippen LogP contribution < -0.4 is 11.1 Å². The molecule has 2 heterocycles. The molecule has 1 aliphatic rings. The lowest BCUT2D eigenvalue weighted by Gasteiger charge is -2.32. The summed E-state index contributed by atoms with van der Waals surface area (Å²) in [5.41, 5.74) is 10.6. The van der Waals surface area contributed by atoms with E-state index in [1.807, 2.05) is 57.5 Å². The number of nitrogens with zero attached hydrogens (tertiary/aromatic N) is 2. The fraction of sp³-hybridized carbons (Fsp3) is 0.500. The Morgan fingerprint density at radius 1 is 1.33 bits per heavy atom. The van der Waals surface area contributed by atoms with Crippen LogP contribution in [0.1, 0.15) is 38.4 Å². The van der Waals surface area contributed by atoms with E-state index < -0.39 is 23.6 Å². The van der Waals surface area contributed by atoms with Gasteiger partial charge in [-0.05, 0) is 23.5 Å². The number of nitrogens with two attached hydrogens (primary N) is 1. The molecule has 1 fully saturated rings. The number of hydrogen-bond acceptors (Lipinski definition) is 6. The summed E-state index contributed by atoms with van der Waals surface area (Å²) < 4.78 is 0. The average Bonchev–Trinajstić information content (AvgIpc) is 3.30. The zero-order valence-electron chi connectivity index (χ0n) is 17.9. The molecule has 1 saturated heterocycles. The Kier molecular flexibility index (Phi) is 6.59. The molecule has 0 aliphatic carbocycles. The fourth-order valence-corrected chi connectivity index (χ4v) is 4.33. The van der Waals surface area contributed by atoms with Gasteiger partial charge in [-0.2, -0.15) is 0 Å². The number of benzene rings is 1. The summed E-state index contributed by atoms with van der Waals surface area (Å²) >= 11 is 1.60. The smallest absolute Gasteiger partial charge is 0.243 e. The molecule has 1 aromatic heterocycles. The first-order valence-corrected chi connectivity index (χ1v) is 11.0. The van der Waals surface area contributed by atoms with Crippen LogP contribution in [0.3, 0.4) is 0 Å². The normalized spacial score (nSPS) is 20.3. The number of nitrogens with one attached hydrogen (secondary N) is 1. The number of rotatable bonds is 5. The quantitative estimate of drug-likeness (QED) is 0.673. The third-order valence-corrected chi connectivity index (χ3v) is 6.47. The van der Waals surface area contributed by atoms with Gasteiger partial charge in [-0.1, -0.05) is 45.0 Å². The van der Waals surface area contributed by atoms with E-state index >= 15 is 0 Å². The zero-order chi connectivity index (χ0) is 22.1. The number of likely N-dealkylation sites (tertiary alicyclic amines) is 1. The highest BCUT2D eigenvalue weighted by Gasteiger charge is 2.42. The average molecular weight is 431 g/mol. The second kappa shape index (κ2) is 8.83. The molecule has 1 aliphatic heterocycles. The number of aryl methyl sites for hydroxylation is 1. The van der Waals surface area contributed by atoms with Crippen LogP contribution in [0.2, 0.25) is 0 Å². The van der Waals surface area contributed by atoms with Crippen LogP contribution in [0, 0.1) is 12.3 Å². The summed E-state index contributed by atoms with van der Waals surface area (Å²) in [5.74, 6) is -0.577. The predicted molar refractivity (Wildman–Crippen MR) is 118 cm³/mol. The molecule has 8 heteroatoms. The van der Waals surface area contributed by atoms with Gasteiger partial charge in [0.2, 0.25) is 11.8 Å². The van der Waals surface area contributed by atoms with Crippen molar-refractivity contribution in [3.63, 3.8) is 0 Å². The second-order valence-corrected chi connectivity index (χ2v) is 9.78. The van der Waals surface area contributed by atoms with Crippen molar-refractivity contribution < 1.29 is 14.7 Å². The first kappa shape index (κ1) is 22.4. The van der Waals surface area contributed by atoms with Crippen molar-refractivity contribution in [3.8, 4) is 10.4 Å². The number of carbonyl (C=O) groups is 2. The molecule has 0 spiro atoms. The van der Waals surface area contributed by atoms with E-state index in [0.29, 0.717) is 6.54 Å². The summed E-state index contributed by atoms with van der Waals surface area (Å²) in [6.45, 7) is 8.11. The van der Waals surface area contributed by atoms with Gasteiger partial charge >= 0.3 is 0 Å². The molecule has 2 amide bonds. The number of aromatic nitrogens is 1. The fourth-order valence-electron chi connectivity index (χ4n) is 3.51. The lowest BCUT2D eigenvalue weighted by molar-refractivity contribution is -0.141. The molecule has 0 radical (unpaired) electrons. The number of aliphatic hydroxyl groups excluding tert-OH is 1. The van der Waals surface area contributed by atoms with Gasteiger partial charge in [-0.25, -0.2) is 4.98 Å².